The molecule has 2 aromatic carbocycles. The van der Waals surface area contributed by atoms with E-state index in [0.29, 0.717) is 13.0 Å². The van der Waals surface area contributed by atoms with Crippen LogP contribution in [0.4, 0.5) is 0 Å². The molecule has 0 aromatic heterocycles. The van der Waals surface area contributed by atoms with Gasteiger partial charge in [-0.2, -0.15) is 0 Å². The third-order valence-corrected chi connectivity index (χ3v) is 3.71. The van der Waals surface area contributed by atoms with Crippen molar-refractivity contribution in [3.63, 3.8) is 0 Å². The molecule has 0 fully saturated rings. The molecule has 24 heavy (non-hydrogen) atoms. The molecule has 2 rings (SSSR count). The SMILES string of the molecule is COc1ccc(C(C)NC(=O)C(=O)NCCc2ccccc2)cc1. The predicted molar refractivity (Wildman–Crippen MR) is 92.7 cm³/mol. The molecule has 1 unspecified atom stereocenters. The molecule has 0 saturated heterocycles. The third-order valence-electron chi connectivity index (χ3n) is 3.71. The predicted octanol–water partition coefficient (Wildman–Crippen LogP) is 2.23. The van der Waals surface area contributed by atoms with Crippen LogP contribution < -0.4 is 15.4 Å². The van der Waals surface area contributed by atoms with E-state index in [-0.39, 0.29) is 6.04 Å². The number of rotatable bonds is 6. The van der Waals surface area contributed by atoms with Crippen molar-refractivity contribution in [2.75, 3.05) is 13.7 Å². The fourth-order valence-corrected chi connectivity index (χ4v) is 2.28. The van der Waals surface area contributed by atoms with Gasteiger partial charge in [0.1, 0.15) is 5.75 Å². The first-order chi connectivity index (χ1) is 11.6. The fraction of sp³-hybridized carbons (Fsp3) is 0.263. The van der Waals surface area contributed by atoms with Gasteiger partial charge in [-0.25, -0.2) is 0 Å². The average molecular weight is 326 g/mol. The van der Waals surface area contributed by atoms with Crippen molar-refractivity contribution < 1.29 is 14.3 Å². The highest BCUT2D eigenvalue weighted by atomic mass is 16.5. The van der Waals surface area contributed by atoms with Crippen molar-refractivity contribution in [2.45, 2.75) is 19.4 Å². The molecule has 126 valence electrons. The lowest BCUT2D eigenvalue weighted by Crippen LogP contribution is -2.41. The summed E-state index contributed by atoms with van der Waals surface area (Å²) in [4.78, 5) is 23.8. The fourth-order valence-electron chi connectivity index (χ4n) is 2.28. The van der Waals surface area contributed by atoms with E-state index in [9.17, 15) is 9.59 Å². The second kappa shape index (κ2) is 8.72. The van der Waals surface area contributed by atoms with Gasteiger partial charge in [-0.1, -0.05) is 42.5 Å². The Bertz CT molecular complexity index is 669. The van der Waals surface area contributed by atoms with Gasteiger partial charge in [0.2, 0.25) is 0 Å². The van der Waals surface area contributed by atoms with Crippen LogP contribution in [0.25, 0.3) is 0 Å². The molecule has 0 spiro atoms. The van der Waals surface area contributed by atoms with Gasteiger partial charge in [0.05, 0.1) is 13.2 Å². The maximum atomic E-state index is 11.9. The molecular weight excluding hydrogens is 304 g/mol. The van der Waals surface area contributed by atoms with E-state index in [1.165, 1.54) is 0 Å². The lowest BCUT2D eigenvalue weighted by Gasteiger charge is -2.14. The first-order valence-electron chi connectivity index (χ1n) is 7.86. The molecule has 0 saturated carbocycles. The molecule has 1 atom stereocenters. The average Bonchev–Trinajstić information content (AvgIpc) is 2.62. The third kappa shape index (κ3) is 5.12. The van der Waals surface area contributed by atoms with E-state index in [1.807, 2.05) is 61.5 Å². The summed E-state index contributed by atoms with van der Waals surface area (Å²) < 4.78 is 5.10. The van der Waals surface area contributed by atoms with E-state index in [4.69, 9.17) is 4.74 Å². The quantitative estimate of drug-likeness (QED) is 0.800. The van der Waals surface area contributed by atoms with Gasteiger partial charge in [0.25, 0.3) is 0 Å². The second-order valence-corrected chi connectivity index (χ2v) is 5.46. The number of hydrogen-bond acceptors (Lipinski definition) is 3. The summed E-state index contributed by atoms with van der Waals surface area (Å²) in [5.41, 5.74) is 2.02. The summed E-state index contributed by atoms with van der Waals surface area (Å²) in [6.07, 6.45) is 0.688. The van der Waals surface area contributed by atoms with Crippen LogP contribution in [0.2, 0.25) is 0 Å². The highest BCUT2D eigenvalue weighted by Gasteiger charge is 2.16. The molecular formula is C19H22N2O3. The van der Waals surface area contributed by atoms with Crippen LogP contribution in [-0.2, 0) is 16.0 Å². The summed E-state index contributed by atoms with van der Waals surface area (Å²) in [6.45, 7) is 2.25. The molecule has 5 nitrogen and oxygen atoms in total. The summed E-state index contributed by atoms with van der Waals surface area (Å²) in [7, 11) is 1.60. The van der Waals surface area contributed by atoms with Crippen molar-refractivity contribution in [1.82, 2.24) is 10.6 Å². The first kappa shape index (κ1) is 17.5. The molecule has 2 aromatic rings. The van der Waals surface area contributed by atoms with Crippen LogP contribution in [0.3, 0.4) is 0 Å². The van der Waals surface area contributed by atoms with Crippen molar-refractivity contribution in [1.29, 1.82) is 0 Å². The topological polar surface area (TPSA) is 67.4 Å². The Morgan fingerprint density at radius 2 is 1.67 bits per heavy atom. The van der Waals surface area contributed by atoms with Crippen LogP contribution >= 0.6 is 0 Å². The van der Waals surface area contributed by atoms with Crippen LogP contribution in [0.5, 0.6) is 5.75 Å². The van der Waals surface area contributed by atoms with Gasteiger partial charge >= 0.3 is 11.8 Å². The number of carbonyl (C=O) groups excluding carboxylic acids is 2. The minimum absolute atomic E-state index is 0.261. The maximum absolute atomic E-state index is 11.9. The van der Waals surface area contributed by atoms with Crippen molar-refractivity contribution in [3.8, 4) is 5.75 Å². The maximum Gasteiger partial charge on any atom is 0.309 e. The lowest BCUT2D eigenvalue weighted by molar-refractivity contribution is -0.139. The molecule has 0 heterocycles. The standard InChI is InChI=1S/C19H22N2O3/c1-14(16-8-10-17(24-2)11-9-16)21-19(23)18(22)20-13-12-15-6-4-3-5-7-15/h3-11,14H,12-13H2,1-2H3,(H,20,22)(H,21,23). The van der Waals surface area contributed by atoms with E-state index < -0.39 is 11.8 Å². The highest BCUT2D eigenvalue weighted by Crippen LogP contribution is 2.17. The van der Waals surface area contributed by atoms with E-state index >= 15 is 0 Å². The summed E-state index contributed by atoms with van der Waals surface area (Å²) in [6, 6.07) is 16.9. The van der Waals surface area contributed by atoms with Gasteiger partial charge in [-0.3, -0.25) is 9.59 Å². The number of benzene rings is 2. The minimum Gasteiger partial charge on any atom is -0.497 e. The lowest BCUT2D eigenvalue weighted by atomic mass is 10.1. The second-order valence-electron chi connectivity index (χ2n) is 5.46. The number of nitrogens with one attached hydrogen (secondary N) is 2. The normalized spacial score (nSPS) is 11.4. The van der Waals surface area contributed by atoms with Crippen LogP contribution in [-0.4, -0.2) is 25.5 Å². The number of methoxy groups -OCH3 is 1. The molecule has 0 aliphatic rings. The van der Waals surface area contributed by atoms with Gasteiger partial charge in [0, 0.05) is 6.54 Å². The van der Waals surface area contributed by atoms with Crippen LogP contribution in [0, 0.1) is 0 Å². The van der Waals surface area contributed by atoms with Crippen molar-refractivity contribution in [2.24, 2.45) is 0 Å². The highest BCUT2D eigenvalue weighted by molar-refractivity contribution is 6.35. The van der Waals surface area contributed by atoms with Crippen LogP contribution in [0.15, 0.2) is 54.6 Å². The first-order valence-corrected chi connectivity index (χ1v) is 7.86. The zero-order chi connectivity index (χ0) is 17.4. The largest absolute Gasteiger partial charge is 0.497 e. The molecule has 0 aliphatic carbocycles. The Morgan fingerprint density at radius 3 is 2.29 bits per heavy atom. The molecule has 5 heteroatoms. The Kier molecular flexibility index (Phi) is 6.37. The van der Waals surface area contributed by atoms with E-state index in [1.54, 1.807) is 7.11 Å². The number of hydrogen-bond donors (Lipinski definition) is 2. The Balaban J connectivity index is 1.78. The Hall–Kier alpha value is -2.82. The molecule has 0 radical (unpaired) electrons. The summed E-state index contributed by atoms with van der Waals surface area (Å²) in [5.74, 6) is -0.506. The van der Waals surface area contributed by atoms with Gasteiger partial charge in [-0.15, -0.1) is 0 Å². The zero-order valence-electron chi connectivity index (χ0n) is 13.9. The minimum atomic E-state index is -0.633. The Labute approximate surface area is 142 Å². The van der Waals surface area contributed by atoms with E-state index in [0.717, 1.165) is 16.9 Å². The monoisotopic (exact) mass is 326 g/mol. The summed E-state index contributed by atoms with van der Waals surface area (Å²) in [5, 5.41) is 5.33. The number of ether oxygens (including phenoxy) is 1. The van der Waals surface area contributed by atoms with Crippen molar-refractivity contribution >= 4 is 11.8 Å². The van der Waals surface area contributed by atoms with E-state index in [2.05, 4.69) is 10.6 Å². The molecule has 0 bridgehead atoms. The molecule has 2 amide bonds. The smallest absolute Gasteiger partial charge is 0.309 e. The molecule has 0 aliphatic heterocycles. The summed E-state index contributed by atoms with van der Waals surface area (Å²) >= 11 is 0. The van der Waals surface area contributed by atoms with Crippen LogP contribution in [0.1, 0.15) is 24.1 Å². The van der Waals surface area contributed by atoms with Gasteiger partial charge in [-0.05, 0) is 36.6 Å². The number of carbonyl (C=O) groups is 2. The van der Waals surface area contributed by atoms with Gasteiger partial charge in [0.15, 0.2) is 0 Å². The number of amides is 2. The molecule has 2 N–H and O–H groups in total. The Morgan fingerprint density at radius 1 is 1.00 bits per heavy atom. The zero-order valence-corrected chi connectivity index (χ0v) is 13.9. The van der Waals surface area contributed by atoms with Gasteiger partial charge < -0.3 is 15.4 Å². The van der Waals surface area contributed by atoms with Crippen molar-refractivity contribution in [3.05, 3.63) is 65.7 Å².